The van der Waals surface area contributed by atoms with E-state index in [4.69, 9.17) is 9.47 Å². The van der Waals surface area contributed by atoms with Gasteiger partial charge in [-0.15, -0.1) is 11.8 Å². The maximum absolute atomic E-state index is 12.3. The number of hydrogen-bond donors (Lipinski definition) is 2. The summed E-state index contributed by atoms with van der Waals surface area (Å²) in [6, 6.07) is 15.0. The van der Waals surface area contributed by atoms with Crippen molar-refractivity contribution in [1.82, 2.24) is 15.6 Å². The number of hydrazone groups is 1. The zero-order valence-corrected chi connectivity index (χ0v) is 16.5. The van der Waals surface area contributed by atoms with Gasteiger partial charge in [-0.2, -0.15) is 10.2 Å². The molecule has 0 atom stereocenters. The highest BCUT2D eigenvalue weighted by atomic mass is 32.2. The summed E-state index contributed by atoms with van der Waals surface area (Å²) in [5, 5.41) is 10.9. The molecule has 0 saturated heterocycles. The second-order valence-electron chi connectivity index (χ2n) is 5.71. The van der Waals surface area contributed by atoms with Gasteiger partial charge in [0.15, 0.2) is 11.5 Å². The fraction of sp³-hybridized carbons (Fsp3) is 0.150. The number of aromatic nitrogens is 2. The summed E-state index contributed by atoms with van der Waals surface area (Å²) < 4.78 is 10.5. The minimum absolute atomic E-state index is 0.305. The summed E-state index contributed by atoms with van der Waals surface area (Å²) >= 11 is 1.67. The highest BCUT2D eigenvalue weighted by Crippen LogP contribution is 2.31. The number of ether oxygens (including phenoxy) is 2. The van der Waals surface area contributed by atoms with Crippen LogP contribution in [0.1, 0.15) is 16.1 Å². The van der Waals surface area contributed by atoms with Crippen molar-refractivity contribution in [2.45, 2.75) is 4.90 Å². The van der Waals surface area contributed by atoms with Crippen LogP contribution in [0.25, 0.3) is 11.3 Å². The molecule has 0 unspecified atom stereocenters. The van der Waals surface area contributed by atoms with Crippen molar-refractivity contribution in [3.05, 3.63) is 59.8 Å². The van der Waals surface area contributed by atoms with Crippen molar-refractivity contribution >= 4 is 23.9 Å². The van der Waals surface area contributed by atoms with Gasteiger partial charge in [0.25, 0.3) is 5.91 Å². The van der Waals surface area contributed by atoms with E-state index in [1.54, 1.807) is 50.4 Å². The number of hydrogen-bond acceptors (Lipinski definition) is 6. The third-order valence-electron chi connectivity index (χ3n) is 4.00. The first-order valence-corrected chi connectivity index (χ1v) is 9.62. The molecular weight excluding hydrogens is 376 g/mol. The van der Waals surface area contributed by atoms with Crippen molar-refractivity contribution in [3.8, 4) is 22.8 Å². The fourth-order valence-corrected chi connectivity index (χ4v) is 2.91. The van der Waals surface area contributed by atoms with Crippen molar-refractivity contribution in [1.29, 1.82) is 0 Å². The van der Waals surface area contributed by atoms with Gasteiger partial charge in [0.2, 0.25) is 0 Å². The zero-order valence-electron chi connectivity index (χ0n) is 15.7. The molecule has 0 bridgehead atoms. The third kappa shape index (κ3) is 4.52. The molecule has 3 aromatic rings. The van der Waals surface area contributed by atoms with Gasteiger partial charge < -0.3 is 9.47 Å². The Bertz CT molecular complexity index is 983. The molecule has 0 aliphatic rings. The number of benzene rings is 2. The molecule has 0 aliphatic heterocycles. The Morgan fingerprint density at radius 1 is 1.11 bits per heavy atom. The Kier molecular flexibility index (Phi) is 6.33. The Labute approximate surface area is 167 Å². The van der Waals surface area contributed by atoms with Gasteiger partial charge in [0, 0.05) is 10.5 Å². The van der Waals surface area contributed by atoms with Gasteiger partial charge in [-0.05, 0) is 48.2 Å². The SMILES string of the molecule is COc1ccc(-c2cc(C(=O)N/N=C\c3ccc(SC)cc3)[nH]n2)cc1OC. The van der Waals surface area contributed by atoms with Gasteiger partial charge in [-0.3, -0.25) is 9.89 Å². The lowest BCUT2D eigenvalue weighted by molar-refractivity contribution is 0.0950. The number of carbonyl (C=O) groups excluding carboxylic acids is 1. The number of thioether (sulfide) groups is 1. The zero-order chi connectivity index (χ0) is 19.9. The molecule has 1 amide bonds. The van der Waals surface area contributed by atoms with E-state index in [-0.39, 0.29) is 5.91 Å². The van der Waals surface area contributed by atoms with Gasteiger partial charge in [0.1, 0.15) is 5.69 Å². The first kappa shape index (κ1) is 19.5. The summed E-state index contributed by atoms with van der Waals surface area (Å²) in [5.74, 6) is 0.835. The Hall–Kier alpha value is -3.26. The average Bonchev–Trinajstić information content (AvgIpc) is 3.24. The number of nitrogens with zero attached hydrogens (tertiary/aromatic N) is 2. The lowest BCUT2D eigenvalue weighted by Gasteiger charge is -2.08. The first-order valence-electron chi connectivity index (χ1n) is 8.40. The summed E-state index contributed by atoms with van der Waals surface area (Å²) in [5.41, 5.74) is 5.10. The average molecular weight is 396 g/mol. The molecule has 3 rings (SSSR count). The maximum atomic E-state index is 12.3. The smallest absolute Gasteiger partial charge is 0.289 e. The minimum atomic E-state index is -0.379. The quantitative estimate of drug-likeness (QED) is 0.362. The van der Waals surface area contributed by atoms with Crippen LogP contribution < -0.4 is 14.9 Å². The van der Waals surface area contributed by atoms with Gasteiger partial charge in [-0.1, -0.05) is 12.1 Å². The van der Waals surface area contributed by atoms with Crippen LogP contribution in [-0.2, 0) is 0 Å². The Morgan fingerprint density at radius 2 is 1.86 bits per heavy atom. The molecule has 0 fully saturated rings. The second kappa shape index (κ2) is 9.09. The molecule has 1 aromatic heterocycles. The third-order valence-corrected chi connectivity index (χ3v) is 4.74. The van der Waals surface area contributed by atoms with E-state index in [2.05, 4.69) is 20.7 Å². The van der Waals surface area contributed by atoms with Gasteiger partial charge >= 0.3 is 0 Å². The van der Waals surface area contributed by atoms with Crippen LogP contribution in [0, 0.1) is 0 Å². The normalized spacial score (nSPS) is 10.8. The standard InChI is InChI=1S/C20H20N4O3S/c1-26-18-9-6-14(10-19(18)27-2)16-11-17(23-22-16)20(25)24-21-12-13-4-7-15(28-3)8-5-13/h4-12H,1-3H3,(H,22,23)(H,24,25)/b21-12-. The number of H-pyrrole nitrogens is 1. The number of rotatable bonds is 7. The largest absolute Gasteiger partial charge is 0.493 e. The highest BCUT2D eigenvalue weighted by molar-refractivity contribution is 7.98. The maximum Gasteiger partial charge on any atom is 0.289 e. The number of carbonyl (C=O) groups is 1. The van der Waals surface area contributed by atoms with E-state index in [1.165, 1.54) is 4.90 Å². The van der Waals surface area contributed by atoms with E-state index >= 15 is 0 Å². The molecule has 144 valence electrons. The van der Waals surface area contributed by atoms with Crippen LogP contribution in [0.4, 0.5) is 0 Å². The van der Waals surface area contributed by atoms with E-state index in [9.17, 15) is 4.79 Å². The van der Waals surface area contributed by atoms with Crippen molar-refractivity contribution in [2.24, 2.45) is 5.10 Å². The minimum Gasteiger partial charge on any atom is -0.493 e. The van der Waals surface area contributed by atoms with Crippen molar-refractivity contribution in [2.75, 3.05) is 20.5 Å². The van der Waals surface area contributed by atoms with E-state index in [0.29, 0.717) is 22.9 Å². The molecular formula is C20H20N4O3S. The molecule has 0 aliphatic carbocycles. The second-order valence-corrected chi connectivity index (χ2v) is 6.59. The van der Waals surface area contributed by atoms with Crippen LogP contribution in [-0.4, -0.2) is 42.8 Å². The van der Waals surface area contributed by atoms with E-state index in [0.717, 1.165) is 11.1 Å². The van der Waals surface area contributed by atoms with E-state index in [1.807, 2.05) is 36.6 Å². The van der Waals surface area contributed by atoms with Crippen molar-refractivity contribution in [3.63, 3.8) is 0 Å². The molecule has 0 saturated carbocycles. The lowest BCUT2D eigenvalue weighted by atomic mass is 10.1. The molecule has 28 heavy (non-hydrogen) atoms. The number of methoxy groups -OCH3 is 2. The number of nitrogens with one attached hydrogen (secondary N) is 2. The molecule has 0 spiro atoms. The molecule has 8 heteroatoms. The monoisotopic (exact) mass is 396 g/mol. The molecule has 2 aromatic carbocycles. The predicted octanol–water partition coefficient (Wildman–Crippen LogP) is 3.58. The molecule has 2 N–H and O–H groups in total. The summed E-state index contributed by atoms with van der Waals surface area (Å²) in [6.07, 6.45) is 3.61. The first-order chi connectivity index (χ1) is 13.6. The highest BCUT2D eigenvalue weighted by Gasteiger charge is 2.12. The number of aromatic amines is 1. The Balaban J connectivity index is 1.67. The van der Waals surface area contributed by atoms with Crippen molar-refractivity contribution < 1.29 is 14.3 Å². The van der Waals surface area contributed by atoms with Crippen LogP contribution in [0.5, 0.6) is 11.5 Å². The molecule has 7 nitrogen and oxygen atoms in total. The lowest BCUT2D eigenvalue weighted by Crippen LogP contribution is -2.17. The summed E-state index contributed by atoms with van der Waals surface area (Å²) in [6.45, 7) is 0. The van der Waals surface area contributed by atoms with Gasteiger partial charge in [0.05, 0.1) is 26.1 Å². The number of amides is 1. The van der Waals surface area contributed by atoms with Crippen LogP contribution >= 0.6 is 11.8 Å². The molecule has 1 heterocycles. The topological polar surface area (TPSA) is 88.6 Å². The van der Waals surface area contributed by atoms with Gasteiger partial charge in [-0.25, -0.2) is 5.43 Å². The molecule has 0 radical (unpaired) electrons. The summed E-state index contributed by atoms with van der Waals surface area (Å²) in [4.78, 5) is 13.4. The van der Waals surface area contributed by atoms with Crippen LogP contribution in [0.2, 0.25) is 0 Å². The predicted molar refractivity (Wildman–Crippen MR) is 110 cm³/mol. The van der Waals surface area contributed by atoms with E-state index < -0.39 is 0 Å². The summed E-state index contributed by atoms with van der Waals surface area (Å²) in [7, 11) is 3.14. The Morgan fingerprint density at radius 3 is 2.54 bits per heavy atom. The fourth-order valence-electron chi connectivity index (χ4n) is 2.50. The van der Waals surface area contributed by atoms with Crippen LogP contribution in [0.3, 0.4) is 0 Å². The van der Waals surface area contributed by atoms with Crippen LogP contribution in [0.15, 0.2) is 58.5 Å².